The Labute approximate surface area is 159 Å². The van der Waals surface area contributed by atoms with Gasteiger partial charge in [0.15, 0.2) is 0 Å². The topological polar surface area (TPSA) is 76.6 Å². The quantitative estimate of drug-likeness (QED) is 0.753. The number of hydrogen-bond donors (Lipinski definition) is 1. The molecule has 7 heteroatoms. The molecule has 2 aromatic heterocycles. The summed E-state index contributed by atoms with van der Waals surface area (Å²) in [5.41, 5.74) is 2.23. The molecule has 1 aliphatic heterocycles. The molecule has 7 nitrogen and oxygen atoms in total. The van der Waals surface area contributed by atoms with E-state index >= 15 is 0 Å². The van der Waals surface area contributed by atoms with Crippen LogP contribution in [0.3, 0.4) is 0 Å². The van der Waals surface area contributed by atoms with Crippen molar-refractivity contribution in [3.63, 3.8) is 0 Å². The van der Waals surface area contributed by atoms with Crippen molar-refractivity contribution in [1.82, 2.24) is 15.3 Å². The van der Waals surface area contributed by atoms with Crippen molar-refractivity contribution in [1.29, 1.82) is 0 Å². The lowest BCUT2D eigenvalue weighted by Gasteiger charge is -2.33. The predicted octanol–water partition coefficient (Wildman–Crippen LogP) is 2.15. The number of rotatable bonds is 7. The number of amides is 1. The molecule has 0 radical (unpaired) electrons. The number of fused-ring (bicyclic) bond motifs is 1. The van der Waals surface area contributed by atoms with Gasteiger partial charge in [0.05, 0.1) is 42.8 Å². The maximum Gasteiger partial charge on any atom is 0.269 e. The Balaban J connectivity index is 1.39. The second kappa shape index (κ2) is 8.19. The van der Waals surface area contributed by atoms with Crippen molar-refractivity contribution < 1.29 is 14.3 Å². The first-order valence-electron chi connectivity index (χ1n) is 9.69. The zero-order valence-corrected chi connectivity index (χ0v) is 15.7. The fraction of sp³-hybridized carbons (Fsp3) is 0.550. The number of nitrogens with one attached hydrogen (secondary N) is 1. The highest BCUT2D eigenvalue weighted by Crippen LogP contribution is 2.28. The van der Waals surface area contributed by atoms with Crippen LogP contribution in [-0.4, -0.2) is 61.4 Å². The van der Waals surface area contributed by atoms with Crippen LogP contribution in [0.1, 0.15) is 36.2 Å². The molecule has 4 rings (SSSR count). The second-order valence-electron chi connectivity index (χ2n) is 7.13. The van der Waals surface area contributed by atoms with Crippen molar-refractivity contribution in [2.24, 2.45) is 0 Å². The number of pyridine rings is 2. The molecule has 0 atom stereocenters. The van der Waals surface area contributed by atoms with Crippen LogP contribution < -0.4 is 10.2 Å². The number of anilines is 1. The number of aromatic nitrogens is 2. The molecule has 0 aromatic carbocycles. The van der Waals surface area contributed by atoms with Gasteiger partial charge in [-0.2, -0.15) is 0 Å². The molecular weight excluding hydrogens is 344 g/mol. The van der Waals surface area contributed by atoms with Crippen LogP contribution in [0, 0.1) is 0 Å². The Bertz CT molecular complexity index is 801. The van der Waals surface area contributed by atoms with Crippen molar-refractivity contribution in [2.45, 2.75) is 37.9 Å². The summed E-state index contributed by atoms with van der Waals surface area (Å²) in [6, 6.07) is 3.63. The summed E-state index contributed by atoms with van der Waals surface area (Å²) in [7, 11) is 1.61. The molecule has 27 heavy (non-hydrogen) atoms. The highest BCUT2D eigenvalue weighted by molar-refractivity contribution is 5.97. The van der Waals surface area contributed by atoms with Gasteiger partial charge >= 0.3 is 0 Å². The first-order chi connectivity index (χ1) is 13.2. The molecule has 1 aliphatic carbocycles. The van der Waals surface area contributed by atoms with Gasteiger partial charge in [-0.1, -0.05) is 0 Å². The van der Waals surface area contributed by atoms with Crippen molar-refractivity contribution in [2.75, 3.05) is 38.3 Å². The summed E-state index contributed by atoms with van der Waals surface area (Å²) >= 11 is 0. The van der Waals surface area contributed by atoms with Gasteiger partial charge in [0.1, 0.15) is 5.69 Å². The van der Waals surface area contributed by atoms with Gasteiger partial charge in [0.25, 0.3) is 5.91 Å². The van der Waals surface area contributed by atoms with Gasteiger partial charge in [0.2, 0.25) is 0 Å². The highest BCUT2D eigenvalue weighted by Gasteiger charge is 2.24. The van der Waals surface area contributed by atoms with Gasteiger partial charge in [0, 0.05) is 31.7 Å². The molecule has 1 N–H and O–H groups in total. The number of piperidine rings is 1. The van der Waals surface area contributed by atoms with Gasteiger partial charge in [-0.3, -0.25) is 9.78 Å². The molecular formula is C20H26N4O3. The molecule has 2 fully saturated rings. The van der Waals surface area contributed by atoms with E-state index in [9.17, 15) is 4.79 Å². The van der Waals surface area contributed by atoms with E-state index in [1.165, 1.54) is 12.8 Å². The fourth-order valence-electron chi connectivity index (χ4n) is 3.44. The lowest BCUT2D eigenvalue weighted by molar-refractivity contribution is -0.00870. The minimum atomic E-state index is -0.180. The normalized spacial score (nSPS) is 18.0. The third-order valence-electron chi connectivity index (χ3n) is 5.14. The predicted molar refractivity (Wildman–Crippen MR) is 103 cm³/mol. The molecule has 0 unspecified atom stereocenters. The number of ether oxygens (including phenoxy) is 2. The Kier molecular flexibility index (Phi) is 5.50. The van der Waals surface area contributed by atoms with E-state index in [0.29, 0.717) is 25.0 Å². The largest absolute Gasteiger partial charge is 0.376 e. The average Bonchev–Trinajstić information content (AvgIpc) is 3.55. The monoisotopic (exact) mass is 370 g/mol. The van der Waals surface area contributed by atoms with Crippen molar-refractivity contribution in [3.8, 4) is 0 Å². The minimum Gasteiger partial charge on any atom is -0.376 e. The zero-order chi connectivity index (χ0) is 18.6. The smallest absolute Gasteiger partial charge is 0.269 e. The van der Waals surface area contributed by atoms with Crippen molar-refractivity contribution in [3.05, 3.63) is 30.2 Å². The summed E-state index contributed by atoms with van der Waals surface area (Å²) in [6.07, 6.45) is 8.73. The maximum absolute atomic E-state index is 11.9. The molecule has 1 saturated carbocycles. The molecule has 0 bridgehead atoms. The van der Waals surface area contributed by atoms with Gasteiger partial charge < -0.3 is 19.7 Å². The highest BCUT2D eigenvalue weighted by atomic mass is 16.5. The Morgan fingerprint density at radius 2 is 1.81 bits per heavy atom. The summed E-state index contributed by atoms with van der Waals surface area (Å²) < 4.78 is 11.6. The Morgan fingerprint density at radius 3 is 2.48 bits per heavy atom. The van der Waals surface area contributed by atoms with E-state index in [1.807, 2.05) is 12.3 Å². The van der Waals surface area contributed by atoms with Crippen LogP contribution in [0.15, 0.2) is 24.5 Å². The molecule has 2 aliphatic rings. The van der Waals surface area contributed by atoms with Gasteiger partial charge in [-0.25, -0.2) is 4.98 Å². The molecule has 2 aromatic rings. The molecule has 3 heterocycles. The Hall–Kier alpha value is -2.25. The van der Waals surface area contributed by atoms with Crippen LogP contribution >= 0.6 is 0 Å². The summed E-state index contributed by atoms with van der Waals surface area (Å²) in [4.78, 5) is 23.2. The molecule has 1 amide bonds. The molecule has 144 valence electrons. The van der Waals surface area contributed by atoms with E-state index in [2.05, 4.69) is 20.2 Å². The lowest BCUT2D eigenvalue weighted by Crippen LogP contribution is -2.37. The zero-order valence-electron chi connectivity index (χ0n) is 15.7. The average molecular weight is 370 g/mol. The fourth-order valence-corrected chi connectivity index (χ4v) is 3.44. The SMILES string of the molecule is CNC(=O)c1ccc2cncc(N3CCC(OCCOC4CC4)CC3)c2n1. The van der Waals surface area contributed by atoms with E-state index in [-0.39, 0.29) is 12.0 Å². The maximum atomic E-state index is 11.9. The van der Waals surface area contributed by atoms with Crippen LogP contribution in [-0.2, 0) is 9.47 Å². The first kappa shape index (κ1) is 18.1. The van der Waals surface area contributed by atoms with Crippen molar-refractivity contribution >= 4 is 22.5 Å². The number of hydrogen-bond acceptors (Lipinski definition) is 6. The molecule has 0 spiro atoms. The van der Waals surface area contributed by atoms with Gasteiger partial charge in [-0.15, -0.1) is 0 Å². The first-order valence-corrected chi connectivity index (χ1v) is 9.69. The number of nitrogens with zero attached hydrogens (tertiary/aromatic N) is 3. The van der Waals surface area contributed by atoms with Crippen LogP contribution in [0.4, 0.5) is 5.69 Å². The van der Waals surface area contributed by atoms with E-state index in [4.69, 9.17) is 9.47 Å². The third-order valence-corrected chi connectivity index (χ3v) is 5.14. The second-order valence-corrected chi connectivity index (χ2v) is 7.13. The van der Waals surface area contributed by atoms with Crippen LogP contribution in [0.2, 0.25) is 0 Å². The number of carbonyl (C=O) groups is 1. The third kappa shape index (κ3) is 4.36. The molecule has 1 saturated heterocycles. The Morgan fingerprint density at radius 1 is 1.11 bits per heavy atom. The van der Waals surface area contributed by atoms with E-state index in [1.54, 1.807) is 19.3 Å². The van der Waals surface area contributed by atoms with Crippen LogP contribution in [0.5, 0.6) is 0 Å². The van der Waals surface area contributed by atoms with E-state index < -0.39 is 0 Å². The summed E-state index contributed by atoms with van der Waals surface area (Å²) in [5, 5.41) is 3.57. The lowest BCUT2D eigenvalue weighted by atomic mass is 10.1. The van der Waals surface area contributed by atoms with E-state index in [0.717, 1.165) is 42.5 Å². The number of carbonyl (C=O) groups excluding carboxylic acids is 1. The standard InChI is InChI=1S/C20H26N4O3/c1-21-20(25)17-5-2-14-12-22-13-18(19(14)23-17)24-8-6-16(7-9-24)27-11-10-26-15-3-4-15/h2,5,12-13,15-16H,3-4,6-11H2,1H3,(H,21,25). The van der Waals surface area contributed by atoms with Crippen LogP contribution in [0.25, 0.3) is 10.9 Å². The summed E-state index contributed by atoms with van der Waals surface area (Å²) in [6.45, 7) is 3.15. The minimum absolute atomic E-state index is 0.180. The van der Waals surface area contributed by atoms with Gasteiger partial charge in [-0.05, 0) is 37.8 Å². The summed E-state index contributed by atoms with van der Waals surface area (Å²) in [5.74, 6) is -0.180.